The number of carboxylic acids is 1. The molecule has 2 fully saturated rings. The zero-order chi connectivity index (χ0) is 21.5. The number of hydrogen-bond acceptors (Lipinski definition) is 4. The molecule has 0 amide bonds. The normalized spacial score (nSPS) is 29.9. The molecule has 1 aromatic carbocycles. The van der Waals surface area contributed by atoms with E-state index in [0.717, 1.165) is 25.7 Å². The number of carboxylic acid groups (broad SMARTS) is 1. The van der Waals surface area contributed by atoms with Crippen molar-refractivity contribution in [3.63, 3.8) is 0 Å². The third-order valence-corrected chi connectivity index (χ3v) is 6.99. The highest BCUT2D eigenvalue weighted by molar-refractivity contribution is 5.66. The largest absolute Gasteiger partial charge is 0.481 e. The van der Waals surface area contributed by atoms with Crippen molar-refractivity contribution in [2.24, 2.45) is 17.8 Å². The summed E-state index contributed by atoms with van der Waals surface area (Å²) in [5, 5.41) is 29.8. The van der Waals surface area contributed by atoms with Gasteiger partial charge >= 0.3 is 5.97 Å². The van der Waals surface area contributed by atoms with E-state index in [0.29, 0.717) is 56.1 Å². The summed E-state index contributed by atoms with van der Waals surface area (Å²) in [7, 11) is 0. The van der Waals surface area contributed by atoms with Crippen LogP contribution in [0.3, 0.4) is 0 Å². The van der Waals surface area contributed by atoms with Crippen LogP contribution < -0.4 is 0 Å². The minimum atomic E-state index is -0.752. The molecule has 1 aromatic rings. The molecule has 2 aliphatic rings. The van der Waals surface area contributed by atoms with Gasteiger partial charge in [-0.1, -0.05) is 18.2 Å². The summed E-state index contributed by atoms with van der Waals surface area (Å²) in [6, 6.07) is 6.67. The molecular formula is C24H35FO5. The molecule has 3 rings (SSSR count). The zero-order valence-electron chi connectivity index (χ0n) is 17.6. The van der Waals surface area contributed by atoms with Crippen molar-refractivity contribution in [1.82, 2.24) is 0 Å². The number of aryl methyl sites for hydroxylation is 1. The summed E-state index contributed by atoms with van der Waals surface area (Å²) in [6.07, 6.45) is 5.89. The summed E-state index contributed by atoms with van der Waals surface area (Å²) in [5.74, 6) is -0.177. The van der Waals surface area contributed by atoms with E-state index >= 15 is 0 Å². The SMILES string of the molecule is O=C(O)CCC[C@H]1CC[C@@H]2[C@@H](CC[C@@H](O)CCc3ccccc3F)[C@H](O)C[C@@H]2OC1. The first-order chi connectivity index (χ1) is 14.4. The highest BCUT2D eigenvalue weighted by atomic mass is 19.1. The van der Waals surface area contributed by atoms with Crippen LogP contribution in [0.4, 0.5) is 4.39 Å². The van der Waals surface area contributed by atoms with Crippen molar-refractivity contribution in [1.29, 1.82) is 0 Å². The van der Waals surface area contributed by atoms with E-state index in [1.807, 2.05) is 0 Å². The lowest BCUT2D eigenvalue weighted by Gasteiger charge is -2.24. The van der Waals surface area contributed by atoms with Crippen molar-refractivity contribution >= 4 is 5.97 Å². The Morgan fingerprint density at radius 1 is 1.20 bits per heavy atom. The van der Waals surface area contributed by atoms with Gasteiger partial charge in [0.25, 0.3) is 0 Å². The Kier molecular flexibility index (Phi) is 8.66. The van der Waals surface area contributed by atoms with Gasteiger partial charge in [-0.25, -0.2) is 4.39 Å². The van der Waals surface area contributed by atoms with Crippen LogP contribution in [-0.2, 0) is 16.0 Å². The second kappa shape index (κ2) is 11.2. The molecular weight excluding hydrogens is 387 g/mol. The number of aliphatic hydroxyl groups is 2. The van der Waals surface area contributed by atoms with Gasteiger partial charge in [0, 0.05) is 19.4 Å². The Bertz CT molecular complexity index is 681. The van der Waals surface area contributed by atoms with Gasteiger partial charge in [-0.15, -0.1) is 0 Å². The van der Waals surface area contributed by atoms with Gasteiger partial charge in [-0.05, 0) is 80.8 Å². The second-order valence-electron chi connectivity index (χ2n) is 9.09. The maximum Gasteiger partial charge on any atom is 0.303 e. The predicted molar refractivity (Wildman–Crippen MR) is 112 cm³/mol. The maximum absolute atomic E-state index is 13.7. The molecule has 5 nitrogen and oxygen atoms in total. The van der Waals surface area contributed by atoms with Crippen LogP contribution in [0.15, 0.2) is 24.3 Å². The minimum absolute atomic E-state index is 0.0602. The number of hydrogen-bond donors (Lipinski definition) is 3. The highest BCUT2D eigenvalue weighted by Crippen LogP contribution is 2.43. The number of aliphatic carboxylic acids is 1. The average Bonchev–Trinajstić information content (AvgIpc) is 2.87. The number of benzene rings is 1. The number of halogens is 1. The molecule has 30 heavy (non-hydrogen) atoms. The fourth-order valence-corrected chi connectivity index (χ4v) is 5.24. The molecule has 1 saturated heterocycles. The topological polar surface area (TPSA) is 87.0 Å². The van der Waals surface area contributed by atoms with Crippen molar-refractivity contribution in [2.75, 3.05) is 6.61 Å². The summed E-state index contributed by atoms with van der Waals surface area (Å²) in [6.45, 7) is 0.644. The smallest absolute Gasteiger partial charge is 0.303 e. The van der Waals surface area contributed by atoms with E-state index in [-0.39, 0.29) is 24.3 Å². The van der Waals surface area contributed by atoms with E-state index in [4.69, 9.17) is 9.84 Å². The molecule has 168 valence electrons. The molecule has 1 heterocycles. The lowest BCUT2D eigenvalue weighted by atomic mass is 9.83. The van der Waals surface area contributed by atoms with Gasteiger partial charge in [0.1, 0.15) is 5.82 Å². The van der Waals surface area contributed by atoms with Gasteiger partial charge in [0.15, 0.2) is 0 Å². The molecule has 0 aromatic heterocycles. The number of ether oxygens (including phenoxy) is 1. The molecule has 6 atom stereocenters. The van der Waals surface area contributed by atoms with E-state index < -0.39 is 18.2 Å². The monoisotopic (exact) mass is 422 g/mol. The van der Waals surface area contributed by atoms with Crippen LogP contribution in [0, 0.1) is 23.6 Å². The van der Waals surface area contributed by atoms with Gasteiger partial charge in [-0.3, -0.25) is 4.79 Å². The zero-order valence-corrected chi connectivity index (χ0v) is 17.6. The fraction of sp³-hybridized carbons (Fsp3) is 0.708. The Labute approximate surface area is 178 Å². The maximum atomic E-state index is 13.7. The van der Waals surface area contributed by atoms with Crippen molar-refractivity contribution in [3.8, 4) is 0 Å². The number of carbonyl (C=O) groups is 1. The second-order valence-corrected chi connectivity index (χ2v) is 9.09. The lowest BCUT2D eigenvalue weighted by Crippen LogP contribution is -2.24. The third-order valence-electron chi connectivity index (χ3n) is 6.99. The Morgan fingerprint density at radius 2 is 2.00 bits per heavy atom. The molecule has 0 bridgehead atoms. The molecule has 1 aliphatic heterocycles. The summed E-state index contributed by atoms with van der Waals surface area (Å²) in [5.41, 5.74) is 0.628. The average molecular weight is 423 g/mol. The Balaban J connectivity index is 1.44. The van der Waals surface area contributed by atoms with Crippen LogP contribution in [0.5, 0.6) is 0 Å². The Morgan fingerprint density at radius 3 is 2.77 bits per heavy atom. The molecule has 3 N–H and O–H groups in total. The molecule has 6 heteroatoms. The molecule has 0 unspecified atom stereocenters. The standard InChI is InChI=1S/C24H35FO5/c25-21-6-2-1-5-17(21)9-10-18(26)11-13-19-20-12-8-16(4-3-7-24(28)29)15-30-23(20)14-22(19)27/h1-2,5-6,16,18-20,22-23,26-27H,3-4,7-15H2,(H,28,29)/t16-,18-,19+,20+,22+,23-/m0/s1. The van der Waals surface area contributed by atoms with E-state index in [9.17, 15) is 19.4 Å². The van der Waals surface area contributed by atoms with Crippen LogP contribution in [0.1, 0.15) is 63.4 Å². The summed E-state index contributed by atoms with van der Waals surface area (Å²) >= 11 is 0. The van der Waals surface area contributed by atoms with E-state index in [2.05, 4.69) is 0 Å². The van der Waals surface area contributed by atoms with Gasteiger partial charge in [-0.2, -0.15) is 0 Å². The van der Waals surface area contributed by atoms with Crippen LogP contribution in [-0.4, -0.2) is 46.2 Å². The first-order valence-electron chi connectivity index (χ1n) is 11.4. The molecule has 0 spiro atoms. The van der Waals surface area contributed by atoms with Gasteiger partial charge < -0.3 is 20.1 Å². The summed E-state index contributed by atoms with van der Waals surface area (Å²) in [4.78, 5) is 10.7. The fourth-order valence-electron chi connectivity index (χ4n) is 5.24. The lowest BCUT2D eigenvalue weighted by molar-refractivity contribution is -0.137. The molecule has 1 aliphatic carbocycles. The number of fused-ring (bicyclic) bond motifs is 1. The van der Waals surface area contributed by atoms with Crippen molar-refractivity contribution < 1.29 is 29.2 Å². The van der Waals surface area contributed by atoms with Gasteiger partial charge in [0.05, 0.1) is 18.3 Å². The van der Waals surface area contributed by atoms with E-state index in [1.54, 1.807) is 18.2 Å². The first-order valence-corrected chi connectivity index (χ1v) is 11.4. The first kappa shape index (κ1) is 23.2. The van der Waals surface area contributed by atoms with Crippen LogP contribution >= 0.6 is 0 Å². The van der Waals surface area contributed by atoms with Crippen molar-refractivity contribution in [2.45, 2.75) is 82.5 Å². The van der Waals surface area contributed by atoms with Crippen molar-refractivity contribution in [3.05, 3.63) is 35.6 Å². The number of aliphatic hydroxyl groups excluding tert-OH is 2. The third kappa shape index (κ3) is 6.50. The van der Waals surface area contributed by atoms with E-state index in [1.165, 1.54) is 6.07 Å². The highest BCUT2D eigenvalue weighted by Gasteiger charge is 2.44. The minimum Gasteiger partial charge on any atom is -0.481 e. The Hall–Kier alpha value is -1.50. The quantitative estimate of drug-likeness (QED) is 0.532. The molecule has 0 radical (unpaired) electrons. The van der Waals surface area contributed by atoms with Crippen LogP contribution in [0.2, 0.25) is 0 Å². The summed E-state index contributed by atoms with van der Waals surface area (Å²) < 4.78 is 19.8. The van der Waals surface area contributed by atoms with Crippen LogP contribution in [0.25, 0.3) is 0 Å². The predicted octanol–water partition coefficient (Wildman–Crippen LogP) is 3.95. The molecule has 1 saturated carbocycles. The van der Waals surface area contributed by atoms with Gasteiger partial charge in [0.2, 0.25) is 0 Å². The number of rotatable bonds is 10.